The highest BCUT2D eigenvalue weighted by Crippen LogP contribution is 2.09. The molecule has 1 heterocycles. The van der Waals surface area contributed by atoms with Crippen LogP contribution in [0.25, 0.3) is 0 Å². The van der Waals surface area contributed by atoms with Crippen molar-refractivity contribution in [1.82, 2.24) is 10.3 Å². The molecule has 0 aliphatic carbocycles. The molecule has 2 N–H and O–H groups in total. The summed E-state index contributed by atoms with van der Waals surface area (Å²) in [5.74, 6) is 0.616. The lowest BCUT2D eigenvalue weighted by Crippen LogP contribution is -2.27. The SMILES string of the molecule is CCC(C)Nc1cc(C(=O)NCCOC)ccn1. The van der Waals surface area contributed by atoms with Crippen molar-refractivity contribution in [2.24, 2.45) is 0 Å². The zero-order valence-corrected chi connectivity index (χ0v) is 11.2. The molecule has 0 aliphatic heterocycles. The van der Waals surface area contributed by atoms with Crippen LogP contribution >= 0.6 is 0 Å². The monoisotopic (exact) mass is 251 g/mol. The quantitative estimate of drug-likeness (QED) is 0.724. The van der Waals surface area contributed by atoms with E-state index >= 15 is 0 Å². The fourth-order valence-electron chi connectivity index (χ4n) is 1.37. The fraction of sp³-hybridized carbons (Fsp3) is 0.538. The third kappa shape index (κ3) is 4.71. The molecule has 0 spiro atoms. The predicted molar refractivity (Wildman–Crippen MR) is 71.8 cm³/mol. The first-order chi connectivity index (χ1) is 8.67. The summed E-state index contributed by atoms with van der Waals surface area (Å²) in [7, 11) is 1.60. The lowest BCUT2D eigenvalue weighted by atomic mass is 10.2. The number of methoxy groups -OCH3 is 1. The van der Waals surface area contributed by atoms with Crippen molar-refractivity contribution in [3.8, 4) is 0 Å². The number of aromatic nitrogens is 1. The first-order valence-electron chi connectivity index (χ1n) is 6.17. The summed E-state index contributed by atoms with van der Waals surface area (Å²) in [6.07, 6.45) is 2.64. The standard InChI is InChI=1S/C13H21N3O2/c1-4-10(2)16-12-9-11(5-6-14-12)13(17)15-7-8-18-3/h5-6,9-10H,4,7-8H2,1-3H3,(H,14,16)(H,15,17). The zero-order chi connectivity index (χ0) is 13.4. The van der Waals surface area contributed by atoms with Crippen LogP contribution in [0, 0.1) is 0 Å². The highest BCUT2D eigenvalue weighted by molar-refractivity contribution is 5.94. The van der Waals surface area contributed by atoms with Gasteiger partial charge in [-0.1, -0.05) is 6.92 Å². The third-order valence-electron chi connectivity index (χ3n) is 2.62. The number of hydrogen-bond donors (Lipinski definition) is 2. The van der Waals surface area contributed by atoms with Crippen LogP contribution in [0.5, 0.6) is 0 Å². The average molecular weight is 251 g/mol. The van der Waals surface area contributed by atoms with Crippen molar-refractivity contribution in [2.75, 3.05) is 25.6 Å². The predicted octanol–water partition coefficient (Wildman–Crippen LogP) is 1.67. The Morgan fingerprint density at radius 3 is 3.00 bits per heavy atom. The average Bonchev–Trinajstić information content (AvgIpc) is 2.39. The molecule has 1 unspecified atom stereocenters. The maximum atomic E-state index is 11.8. The number of anilines is 1. The van der Waals surface area contributed by atoms with Gasteiger partial charge in [-0.15, -0.1) is 0 Å². The number of carbonyl (C=O) groups is 1. The van der Waals surface area contributed by atoms with Gasteiger partial charge in [-0.2, -0.15) is 0 Å². The van der Waals surface area contributed by atoms with E-state index in [4.69, 9.17) is 4.74 Å². The number of amides is 1. The number of nitrogens with zero attached hydrogens (tertiary/aromatic N) is 1. The van der Waals surface area contributed by atoms with Crippen molar-refractivity contribution >= 4 is 11.7 Å². The Bertz CT molecular complexity index is 382. The van der Waals surface area contributed by atoms with E-state index in [0.717, 1.165) is 12.2 Å². The minimum Gasteiger partial charge on any atom is -0.383 e. The molecule has 0 aliphatic rings. The maximum Gasteiger partial charge on any atom is 0.251 e. The van der Waals surface area contributed by atoms with Crippen LogP contribution in [0.3, 0.4) is 0 Å². The molecule has 0 aromatic carbocycles. The summed E-state index contributed by atoms with van der Waals surface area (Å²) in [4.78, 5) is 16.0. The summed E-state index contributed by atoms with van der Waals surface area (Å²) in [5, 5.41) is 6.01. The molecule has 5 nitrogen and oxygen atoms in total. The molecule has 5 heteroatoms. The number of rotatable bonds is 7. The van der Waals surface area contributed by atoms with Gasteiger partial charge in [0, 0.05) is 31.5 Å². The van der Waals surface area contributed by atoms with Gasteiger partial charge < -0.3 is 15.4 Å². The number of carbonyl (C=O) groups excluding carboxylic acids is 1. The molecule has 0 saturated carbocycles. The topological polar surface area (TPSA) is 63.2 Å². The zero-order valence-electron chi connectivity index (χ0n) is 11.2. The van der Waals surface area contributed by atoms with Gasteiger partial charge >= 0.3 is 0 Å². The van der Waals surface area contributed by atoms with Gasteiger partial charge in [0.25, 0.3) is 5.91 Å². The maximum absolute atomic E-state index is 11.8. The van der Waals surface area contributed by atoms with Crippen molar-refractivity contribution in [3.63, 3.8) is 0 Å². The number of hydrogen-bond acceptors (Lipinski definition) is 4. The molecule has 0 bridgehead atoms. The molecule has 100 valence electrons. The Labute approximate surface area is 108 Å². The molecule has 0 fully saturated rings. The van der Waals surface area contributed by atoms with Crippen molar-refractivity contribution in [2.45, 2.75) is 26.3 Å². The lowest BCUT2D eigenvalue weighted by Gasteiger charge is -2.12. The number of ether oxygens (including phenoxy) is 1. The Balaban J connectivity index is 2.60. The smallest absolute Gasteiger partial charge is 0.251 e. The molecule has 1 aromatic rings. The fourth-order valence-corrected chi connectivity index (χ4v) is 1.37. The van der Waals surface area contributed by atoms with Gasteiger partial charge in [0.2, 0.25) is 0 Å². The summed E-state index contributed by atoms with van der Waals surface area (Å²) in [6.45, 7) is 5.19. The molecule has 0 saturated heterocycles. The lowest BCUT2D eigenvalue weighted by molar-refractivity contribution is 0.0937. The Hall–Kier alpha value is -1.62. The summed E-state index contributed by atoms with van der Waals surface area (Å²) in [6, 6.07) is 3.79. The van der Waals surface area contributed by atoms with Gasteiger partial charge in [-0.25, -0.2) is 4.98 Å². The second kappa shape index (κ2) is 7.66. The van der Waals surface area contributed by atoms with Crippen LogP contribution in [-0.2, 0) is 4.74 Å². The van der Waals surface area contributed by atoms with Crippen LogP contribution in [-0.4, -0.2) is 37.2 Å². The van der Waals surface area contributed by atoms with Gasteiger partial charge in [0.1, 0.15) is 5.82 Å². The van der Waals surface area contributed by atoms with E-state index in [1.165, 1.54) is 0 Å². The molecular weight excluding hydrogens is 230 g/mol. The molecule has 0 radical (unpaired) electrons. The van der Waals surface area contributed by atoms with E-state index in [1.54, 1.807) is 25.4 Å². The largest absolute Gasteiger partial charge is 0.383 e. The van der Waals surface area contributed by atoms with Gasteiger partial charge in [0.05, 0.1) is 6.61 Å². The normalized spacial score (nSPS) is 11.9. The van der Waals surface area contributed by atoms with Crippen LogP contribution in [0.4, 0.5) is 5.82 Å². The summed E-state index contributed by atoms with van der Waals surface area (Å²) in [5.41, 5.74) is 0.604. The van der Waals surface area contributed by atoms with Gasteiger partial charge in [-0.3, -0.25) is 4.79 Å². The minimum atomic E-state index is -0.110. The van der Waals surface area contributed by atoms with E-state index in [0.29, 0.717) is 24.8 Å². The van der Waals surface area contributed by atoms with Crippen LogP contribution < -0.4 is 10.6 Å². The van der Waals surface area contributed by atoms with Crippen molar-refractivity contribution in [3.05, 3.63) is 23.9 Å². The van der Waals surface area contributed by atoms with Crippen LogP contribution in [0.2, 0.25) is 0 Å². The highest BCUT2D eigenvalue weighted by Gasteiger charge is 2.07. The summed E-state index contributed by atoms with van der Waals surface area (Å²) < 4.78 is 4.88. The highest BCUT2D eigenvalue weighted by atomic mass is 16.5. The van der Waals surface area contributed by atoms with E-state index in [2.05, 4.69) is 29.5 Å². The van der Waals surface area contributed by atoms with Gasteiger partial charge in [0.15, 0.2) is 0 Å². The molecule has 1 aromatic heterocycles. The van der Waals surface area contributed by atoms with Crippen LogP contribution in [0.15, 0.2) is 18.3 Å². The second-order valence-electron chi connectivity index (χ2n) is 4.13. The molecular formula is C13H21N3O2. The first kappa shape index (κ1) is 14.4. The van der Waals surface area contributed by atoms with E-state index in [9.17, 15) is 4.79 Å². The minimum absolute atomic E-state index is 0.110. The third-order valence-corrected chi connectivity index (χ3v) is 2.62. The van der Waals surface area contributed by atoms with Crippen molar-refractivity contribution < 1.29 is 9.53 Å². The van der Waals surface area contributed by atoms with Crippen molar-refractivity contribution in [1.29, 1.82) is 0 Å². The number of nitrogens with one attached hydrogen (secondary N) is 2. The van der Waals surface area contributed by atoms with E-state index in [-0.39, 0.29) is 5.91 Å². The number of pyridine rings is 1. The molecule has 1 atom stereocenters. The second-order valence-corrected chi connectivity index (χ2v) is 4.13. The Kier molecular flexibility index (Phi) is 6.14. The molecule has 1 rings (SSSR count). The van der Waals surface area contributed by atoms with Gasteiger partial charge in [-0.05, 0) is 25.5 Å². The summed E-state index contributed by atoms with van der Waals surface area (Å²) >= 11 is 0. The Morgan fingerprint density at radius 1 is 1.56 bits per heavy atom. The molecule has 1 amide bonds. The van der Waals surface area contributed by atoms with Crippen LogP contribution in [0.1, 0.15) is 30.6 Å². The van der Waals surface area contributed by atoms with E-state index in [1.807, 2.05) is 0 Å². The first-order valence-corrected chi connectivity index (χ1v) is 6.17. The Morgan fingerprint density at radius 2 is 2.33 bits per heavy atom. The van der Waals surface area contributed by atoms with E-state index < -0.39 is 0 Å². The molecule has 18 heavy (non-hydrogen) atoms.